The Hall–Kier alpha value is -0.246. The Morgan fingerprint density at radius 3 is 1.16 bits per heavy atom. The van der Waals surface area contributed by atoms with Crippen LogP contribution < -0.4 is 0 Å². The Morgan fingerprint density at radius 2 is 0.907 bits per heavy atom. The van der Waals surface area contributed by atoms with E-state index in [-0.39, 0.29) is 0 Å². The zero-order valence-corrected chi connectivity index (χ0v) is 30.7. The Morgan fingerprint density at radius 1 is 0.581 bits per heavy atom. The first-order valence-electron chi connectivity index (χ1n) is 15.0. The van der Waals surface area contributed by atoms with Gasteiger partial charge < -0.3 is 17.5 Å². The highest BCUT2D eigenvalue weighted by molar-refractivity contribution is 8.13. The zero-order chi connectivity index (χ0) is 34.2. The van der Waals surface area contributed by atoms with Gasteiger partial charge in [0.25, 0.3) is 0 Å². The smallest absolute Gasteiger partial charge is 0.421 e. The van der Waals surface area contributed by atoms with Crippen molar-refractivity contribution in [2.75, 3.05) is 39.9 Å². The highest BCUT2D eigenvalue weighted by Gasteiger charge is 2.47. The minimum atomic E-state index is -6.72. The molecule has 0 saturated heterocycles. The first-order chi connectivity index (χ1) is 19.5. The molecule has 0 saturated carbocycles. The largest absolute Gasteiger partial charge is 0.480 e. The number of nitrogens with zero attached hydrogens (tertiary/aromatic N) is 2. The molecule has 0 aliphatic heterocycles. The number of likely N-dealkylation sites (N-methyl/N-ethyl adjacent to an activating group) is 1. The number of alkyl halides is 6. The molecule has 0 N–H and O–H groups in total. The summed E-state index contributed by atoms with van der Waals surface area (Å²) in [7, 11) is -13.9. The average Bonchev–Trinajstić information content (AvgIpc) is 2.91. The van der Waals surface area contributed by atoms with E-state index in [9.17, 15) is 43.2 Å². The van der Waals surface area contributed by atoms with Gasteiger partial charge in [0.2, 0.25) is 0 Å². The standard InChI is InChI=1S/C23H54NO2Si2.C2F6NO4S2/c1-9-16-17-18-19-24(8,20-22-25-27(10-2,11-3)12-4)21-23-26-28(13-5,14-6)15-7;3-1(4,5)14(10,11)9-15(12,13)2(6,7)8/h9-23H2,1-8H3;/q+1;-1. The van der Waals surface area contributed by atoms with Crippen LogP contribution in [-0.4, -0.2) is 88.9 Å². The summed E-state index contributed by atoms with van der Waals surface area (Å²) in [6.07, 6.45) is 5.37. The summed E-state index contributed by atoms with van der Waals surface area (Å²) < 4.78 is 124. The Balaban J connectivity index is 0. The van der Waals surface area contributed by atoms with Crippen molar-refractivity contribution in [2.24, 2.45) is 0 Å². The molecule has 43 heavy (non-hydrogen) atoms. The van der Waals surface area contributed by atoms with Gasteiger partial charge in [-0.2, -0.15) is 26.3 Å². The lowest BCUT2D eigenvalue weighted by atomic mass is 10.2. The van der Waals surface area contributed by atoms with E-state index >= 15 is 0 Å². The highest BCUT2D eigenvalue weighted by atomic mass is 32.3. The summed E-state index contributed by atoms with van der Waals surface area (Å²) in [5.41, 5.74) is -12.4. The molecule has 0 rings (SSSR count). The third-order valence-electron chi connectivity index (χ3n) is 8.28. The second kappa shape index (κ2) is 19.4. The van der Waals surface area contributed by atoms with Crippen LogP contribution in [0.1, 0.15) is 74.1 Å². The number of quaternary nitrogens is 1. The molecular weight excluding hydrogens is 659 g/mol. The molecule has 0 bridgehead atoms. The number of halogens is 6. The molecule has 0 atom stereocenters. The van der Waals surface area contributed by atoms with Gasteiger partial charge in [-0.15, -0.1) is 0 Å². The molecular formula is C25H54F6N2O6S2Si2. The summed E-state index contributed by atoms with van der Waals surface area (Å²) in [5, 5.41) is 0. The average molecular weight is 713 g/mol. The van der Waals surface area contributed by atoms with Crippen molar-refractivity contribution in [1.82, 2.24) is 0 Å². The van der Waals surface area contributed by atoms with Crippen molar-refractivity contribution in [3.63, 3.8) is 0 Å². The molecule has 0 aromatic carbocycles. The van der Waals surface area contributed by atoms with Crippen LogP contribution in [0.3, 0.4) is 0 Å². The first kappa shape index (κ1) is 44.9. The summed E-state index contributed by atoms with van der Waals surface area (Å²) >= 11 is 0. The van der Waals surface area contributed by atoms with E-state index < -0.39 is 47.7 Å². The van der Waals surface area contributed by atoms with E-state index in [0.717, 1.165) is 34.9 Å². The van der Waals surface area contributed by atoms with Gasteiger partial charge in [-0.1, -0.05) is 61.3 Å². The van der Waals surface area contributed by atoms with E-state index in [2.05, 4.69) is 55.5 Å². The number of hydrogen-bond acceptors (Lipinski definition) is 6. The van der Waals surface area contributed by atoms with Gasteiger partial charge >= 0.3 is 11.0 Å². The molecule has 262 valence electrons. The van der Waals surface area contributed by atoms with Gasteiger partial charge in [-0.3, -0.25) is 0 Å². The van der Waals surface area contributed by atoms with Crippen LogP contribution in [0.2, 0.25) is 36.3 Å². The number of hydrogen-bond donors (Lipinski definition) is 0. The predicted octanol–water partition coefficient (Wildman–Crippen LogP) is 8.12. The lowest BCUT2D eigenvalue weighted by Crippen LogP contribution is -2.51. The molecule has 18 heteroatoms. The number of unbranched alkanes of at least 4 members (excludes halogenated alkanes) is 3. The molecule has 8 nitrogen and oxygen atoms in total. The summed E-state index contributed by atoms with van der Waals surface area (Å²) in [4.78, 5) is 0. The topological polar surface area (TPSA) is 101 Å². The molecule has 0 amide bonds. The van der Waals surface area contributed by atoms with Gasteiger partial charge in [0.15, 0.2) is 36.7 Å². The normalized spacial score (nSPS) is 14.0. The highest BCUT2D eigenvalue weighted by Crippen LogP contribution is 2.36. The zero-order valence-electron chi connectivity index (χ0n) is 27.0. The van der Waals surface area contributed by atoms with E-state index in [4.69, 9.17) is 8.85 Å². The lowest BCUT2D eigenvalue weighted by Gasteiger charge is -2.38. The van der Waals surface area contributed by atoms with Crippen molar-refractivity contribution >= 4 is 36.7 Å². The Labute approximate surface area is 258 Å². The fourth-order valence-electron chi connectivity index (χ4n) is 4.55. The molecule has 0 aliphatic carbocycles. The van der Waals surface area contributed by atoms with Gasteiger partial charge in [0.1, 0.15) is 13.1 Å². The van der Waals surface area contributed by atoms with Crippen molar-refractivity contribution < 1.29 is 56.5 Å². The van der Waals surface area contributed by atoms with Crippen molar-refractivity contribution in [3.05, 3.63) is 4.13 Å². The third kappa shape index (κ3) is 15.7. The molecule has 0 unspecified atom stereocenters. The van der Waals surface area contributed by atoms with Gasteiger partial charge in [-0.25, -0.2) is 16.8 Å². The van der Waals surface area contributed by atoms with Gasteiger partial charge in [-0.05, 0) is 49.1 Å². The fourth-order valence-corrected chi connectivity index (χ4v) is 11.5. The van der Waals surface area contributed by atoms with E-state index in [0.29, 0.717) is 0 Å². The second-order valence-corrected chi connectivity index (χ2v) is 23.9. The maximum absolute atomic E-state index is 11.4. The van der Waals surface area contributed by atoms with E-state index in [1.54, 1.807) is 0 Å². The lowest BCUT2D eigenvalue weighted by molar-refractivity contribution is -0.910. The Bertz CT molecular complexity index is 891. The third-order valence-corrected chi connectivity index (χ3v) is 20.4. The predicted molar refractivity (Wildman–Crippen MR) is 165 cm³/mol. The van der Waals surface area contributed by atoms with Crippen LogP contribution in [-0.2, 0) is 28.9 Å². The monoisotopic (exact) mass is 712 g/mol. The number of sulfonamides is 2. The minimum Gasteiger partial charge on any atom is -0.421 e. The first-order valence-corrected chi connectivity index (χ1v) is 23.0. The molecule has 0 aliphatic rings. The molecule has 0 aromatic rings. The Kier molecular flexibility index (Phi) is 20.3. The van der Waals surface area contributed by atoms with E-state index in [1.807, 2.05) is 0 Å². The van der Waals surface area contributed by atoms with Crippen LogP contribution in [0.5, 0.6) is 0 Å². The fraction of sp³-hybridized carbons (Fsp3) is 1.00. The van der Waals surface area contributed by atoms with Crippen LogP contribution in [0.4, 0.5) is 26.3 Å². The maximum Gasteiger partial charge on any atom is 0.480 e. The summed E-state index contributed by atoms with van der Waals surface area (Å²) in [6, 6.07) is 7.51. The minimum absolute atomic E-state index is 0.778. The van der Waals surface area contributed by atoms with Crippen molar-refractivity contribution in [3.8, 4) is 0 Å². The molecule has 0 fully saturated rings. The molecule has 0 spiro atoms. The number of rotatable bonds is 21. The van der Waals surface area contributed by atoms with Crippen molar-refractivity contribution in [1.29, 1.82) is 0 Å². The summed E-state index contributed by atoms with van der Waals surface area (Å²) in [5.74, 6) is 0. The quantitative estimate of drug-likeness (QED) is 0.0516. The van der Waals surface area contributed by atoms with Crippen molar-refractivity contribution in [2.45, 2.75) is 121 Å². The van der Waals surface area contributed by atoms with Crippen LogP contribution >= 0.6 is 0 Å². The van der Waals surface area contributed by atoms with Crippen LogP contribution in [0, 0.1) is 0 Å². The maximum atomic E-state index is 11.4. The molecule has 0 aromatic heterocycles. The van der Waals surface area contributed by atoms with Gasteiger partial charge in [0, 0.05) is 0 Å². The SMILES string of the molecule is CCCCCC[N+](C)(CCO[Si](CC)(CC)CC)CCO[Si](CC)(CC)CC.O=S(=O)([N-]S(=O)(=O)C(F)(F)F)C(F)(F)F. The molecule has 0 radical (unpaired) electrons. The van der Waals surface area contributed by atoms with Crippen LogP contribution in [0.25, 0.3) is 4.13 Å². The van der Waals surface area contributed by atoms with Crippen LogP contribution in [0.15, 0.2) is 0 Å². The molecule has 0 heterocycles. The second-order valence-electron chi connectivity index (χ2n) is 11.0. The summed E-state index contributed by atoms with van der Waals surface area (Å²) in [6.45, 7) is 21.7. The van der Waals surface area contributed by atoms with E-state index in [1.165, 1.54) is 68.5 Å². The van der Waals surface area contributed by atoms with Gasteiger partial charge in [0.05, 0.1) is 26.8 Å².